The first kappa shape index (κ1) is 18.5. The molecule has 4 nitrogen and oxygen atoms in total. The van der Waals surface area contributed by atoms with Crippen molar-refractivity contribution in [3.05, 3.63) is 70.3 Å². The summed E-state index contributed by atoms with van der Waals surface area (Å²) in [5.74, 6) is -0.0581. The first-order valence-electron chi connectivity index (χ1n) is 8.00. The summed E-state index contributed by atoms with van der Waals surface area (Å²) in [7, 11) is 1.58. The third-order valence-corrected chi connectivity index (χ3v) is 3.99. The molecule has 0 aliphatic carbocycles. The molecule has 0 bridgehead atoms. The fourth-order valence-electron chi connectivity index (χ4n) is 2.43. The van der Waals surface area contributed by atoms with Gasteiger partial charge in [0.1, 0.15) is 5.75 Å². The monoisotopic (exact) mass is 338 g/mol. The summed E-state index contributed by atoms with van der Waals surface area (Å²) in [4.78, 5) is 24.1. The molecule has 0 aromatic heterocycles. The minimum Gasteiger partial charge on any atom is -0.497 e. The maximum absolute atomic E-state index is 12.3. The molecule has 0 saturated heterocycles. The van der Waals surface area contributed by atoms with E-state index in [0.29, 0.717) is 11.3 Å². The van der Waals surface area contributed by atoms with Crippen molar-refractivity contribution < 1.29 is 19.1 Å². The van der Waals surface area contributed by atoms with Gasteiger partial charge in [0.25, 0.3) is 0 Å². The fraction of sp³-hybridized carbons (Fsp3) is 0.238. The van der Waals surface area contributed by atoms with Crippen LogP contribution in [0.5, 0.6) is 5.75 Å². The van der Waals surface area contributed by atoms with Gasteiger partial charge in [-0.1, -0.05) is 18.2 Å². The summed E-state index contributed by atoms with van der Waals surface area (Å²) >= 11 is 0. The Morgan fingerprint density at radius 2 is 1.72 bits per heavy atom. The van der Waals surface area contributed by atoms with Crippen LogP contribution in [-0.2, 0) is 9.53 Å². The molecule has 25 heavy (non-hydrogen) atoms. The van der Waals surface area contributed by atoms with E-state index in [2.05, 4.69) is 0 Å². The van der Waals surface area contributed by atoms with E-state index in [-0.39, 0.29) is 12.4 Å². The zero-order chi connectivity index (χ0) is 18.4. The van der Waals surface area contributed by atoms with Crippen LogP contribution >= 0.6 is 0 Å². The lowest BCUT2D eigenvalue weighted by Crippen LogP contribution is -2.14. The molecule has 0 heterocycles. The van der Waals surface area contributed by atoms with E-state index < -0.39 is 5.97 Å². The molecule has 130 valence electrons. The number of carbonyl (C=O) groups is 2. The maximum atomic E-state index is 12.3. The molecule has 2 aromatic rings. The Balaban J connectivity index is 1.96. The first-order chi connectivity index (χ1) is 11.9. The lowest BCUT2D eigenvalue weighted by molar-refractivity contribution is -0.136. The van der Waals surface area contributed by atoms with E-state index in [1.807, 2.05) is 51.1 Å². The Hall–Kier alpha value is -2.88. The van der Waals surface area contributed by atoms with Gasteiger partial charge in [-0.15, -0.1) is 0 Å². The second-order valence-electron chi connectivity index (χ2n) is 5.89. The second kappa shape index (κ2) is 8.29. The number of carbonyl (C=O) groups excluding carboxylic acids is 2. The van der Waals surface area contributed by atoms with Crippen LogP contribution < -0.4 is 4.74 Å². The number of aryl methyl sites for hydroxylation is 3. The van der Waals surface area contributed by atoms with Crippen molar-refractivity contribution in [3.63, 3.8) is 0 Å². The van der Waals surface area contributed by atoms with E-state index in [1.54, 1.807) is 19.3 Å². The smallest absolute Gasteiger partial charge is 0.331 e. The fourth-order valence-corrected chi connectivity index (χ4v) is 2.43. The Labute approximate surface area is 148 Å². The Bertz CT molecular complexity index is 819. The van der Waals surface area contributed by atoms with E-state index in [1.165, 1.54) is 6.08 Å². The van der Waals surface area contributed by atoms with Crippen LogP contribution in [0.25, 0.3) is 6.08 Å². The molecule has 0 spiro atoms. The number of methoxy groups -OCH3 is 1. The Kier molecular flexibility index (Phi) is 6.12. The summed E-state index contributed by atoms with van der Waals surface area (Å²) in [6.45, 7) is 5.56. The topological polar surface area (TPSA) is 52.6 Å². The predicted octanol–water partition coefficient (Wildman–Crippen LogP) is 4.06. The van der Waals surface area contributed by atoms with Crippen LogP contribution in [-0.4, -0.2) is 25.5 Å². The molecule has 0 atom stereocenters. The van der Waals surface area contributed by atoms with E-state index in [4.69, 9.17) is 9.47 Å². The van der Waals surface area contributed by atoms with Crippen LogP contribution in [0, 0.1) is 20.8 Å². The largest absolute Gasteiger partial charge is 0.497 e. The molecule has 0 aliphatic rings. The predicted molar refractivity (Wildman–Crippen MR) is 98.0 cm³/mol. The third kappa shape index (κ3) is 5.05. The highest BCUT2D eigenvalue weighted by atomic mass is 16.5. The molecule has 0 aliphatic heterocycles. The SMILES string of the molecule is COc1cccc(C=CC(=O)OCC(=O)c2cc(C)c(C)cc2C)c1. The van der Waals surface area contributed by atoms with Crippen LogP contribution in [0.2, 0.25) is 0 Å². The maximum Gasteiger partial charge on any atom is 0.331 e. The van der Waals surface area contributed by atoms with Crippen LogP contribution in [0.15, 0.2) is 42.5 Å². The number of hydrogen-bond donors (Lipinski definition) is 0. The number of ether oxygens (including phenoxy) is 2. The van der Waals surface area contributed by atoms with Crippen molar-refractivity contribution in [1.82, 2.24) is 0 Å². The van der Waals surface area contributed by atoms with Gasteiger partial charge >= 0.3 is 5.97 Å². The van der Waals surface area contributed by atoms with Gasteiger partial charge in [0.2, 0.25) is 5.78 Å². The van der Waals surface area contributed by atoms with Crippen molar-refractivity contribution in [2.45, 2.75) is 20.8 Å². The number of ketones is 1. The lowest BCUT2D eigenvalue weighted by atomic mass is 9.98. The summed E-state index contributed by atoms with van der Waals surface area (Å²) in [6.07, 6.45) is 2.92. The van der Waals surface area contributed by atoms with Crippen LogP contribution in [0.3, 0.4) is 0 Å². The Morgan fingerprint density at radius 3 is 2.44 bits per heavy atom. The summed E-state index contributed by atoms with van der Waals surface area (Å²) in [5.41, 5.74) is 4.46. The molecule has 0 amide bonds. The number of hydrogen-bond acceptors (Lipinski definition) is 4. The van der Waals surface area contributed by atoms with Crippen LogP contribution in [0.4, 0.5) is 0 Å². The van der Waals surface area contributed by atoms with Crippen molar-refractivity contribution >= 4 is 17.8 Å². The summed E-state index contributed by atoms with van der Waals surface area (Å²) < 4.78 is 10.2. The number of benzene rings is 2. The Morgan fingerprint density at radius 1 is 1.00 bits per heavy atom. The minimum absolute atomic E-state index is 0.205. The molecular weight excluding hydrogens is 316 g/mol. The molecule has 0 radical (unpaired) electrons. The van der Waals surface area contributed by atoms with Crippen molar-refractivity contribution in [2.24, 2.45) is 0 Å². The van der Waals surface area contributed by atoms with Gasteiger partial charge < -0.3 is 9.47 Å². The first-order valence-corrected chi connectivity index (χ1v) is 8.00. The number of rotatable bonds is 6. The van der Waals surface area contributed by atoms with Gasteiger partial charge in [-0.25, -0.2) is 4.79 Å². The number of Topliss-reactive ketones (excluding diaryl/α,β-unsaturated/α-hetero) is 1. The average molecular weight is 338 g/mol. The van der Waals surface area contributed by atoms with Crippen molar-refractivity contribution in [3.8, 4) is 5.75 Å². The standard InChI is InChI=1S/C21H22O4/c1-14-10-16(3)19(11-15(14)2)20(22)13-25-21(23)9-8-17-6-5-7-18(12-17)24-4/h5-12H,13H2,1-4H3. The molecule has 2 rings (SSSR count). The molecule has 0 unspecified atom stereocenters. The average Bonchev–Trinajstić information content (AvgIpc) is 2.61. The normalized spacial score (nSPS) is 10.7. The minimum atomic E-state index is -0.558. The van der Waals surface area contributed by atoms with Gasteiger partial charge in [-0.3, -0.25) is 4.79 Å². The third-order valence-electron chi connectivity index (χ3n) is 3.99. The van der Waals surface area contributed by atoms with Crippen LogP contribution in [0.1, 0.15) is 32.6 Å². The van der Waals surface area contributed by atoms with E-state index in [9.17, 15) is 9.59 Å². The van der Waals surface area contributed by atoms with Gasteiger partial charge in [-0.05, 0) is 67.3 Å². The molecule has 0 saturated carbocycles. The molecule has 2 aromatic carbocycles. The van der Waals surface area contributed by atoms with E-state index >= 15 is 0 Å². The van der Waals surface area contributed by atoms with Gasteiger partial charge in [0.05, 0.1) is 7.11 Å². The highest BCUT2D eigenvalue weighted by Gasteiger charge is 2.12. The van der Waals surface area contributed by atoms with Gasteiger partial charge in [-0.2, -0.15) is 0 Å². The van der Waals surface area contributed by atoms with E-state index in [0.717, 1.165) is 22.3 Å². The highest BCUT2D eigenvalue weighted by molar-refractivity contribution is 6.00. The molecule has 0 N–H and O–H groups in total. The zero-order valence-electron chi connectivity index (χ0n) is 15.0. The van der Waals surface area contributed by atoms with Crippen molar-refractivity contribution in [1.29, 1.82) is 0 Å². The zero-order valence-corrected chi connectivity index (χ0v) is 15.0. The number of esters is 1. The second-order valence-corrected chi connectivity index (χ2v) is 5.89. The lowest BCUT2D eigenvalue weighted by Gasteiger charge is -2.09. The molecule has 4 heteroatoms. The quantitative estimate of drug-likeness (QED) is 0.453. The van der Waals surface area contributed by atoms with Gasteiger partial charge in [0.15, 0.2) is 6.61 Å². The highest BCUT2D eigenvalue weighted by Crippen LogP contribution is 2.16. The molecule has 0 fully saturated rings. The van der Waals surface area contributed by atoms with Gasteiger partial charge in [0, 0.05) is 11.6 Å². The summed E-state index contributed by atoms with van der Waals surface area (Å²) in [5, 5.41) is 0. The molecular formula is C21H22O4. The summed E-state index contributed by atoms with van der Waals surface area (Å²) in [6, 6.07) is 11.1. The van der Waals surface area contributed by atoms with Crippen molar-refractivity contribution in [2.75, 3.05) is 13.7 Å².